The van der Waals surface area contributed by atoms with Gasteiger partial charge in [-0.1, -0.05) is 66.7 Å². The Labute approximate surface area is 246 Å². The highest BCUT2D eigenvalue weighted by Crippen LogP contribution is 2.30. The topological polar surface area (TPSA) is 78.9 Å². The minimum atomic E-state index is -1.03. The summed E-state index contributed by atoms with van der Waals surface area (Å²) in [6.45, 7) is 3.29. The van der Waals surface area contributed by atoms with Gasteiger partial charge in [0.15, 0.2) is 0 Å². The van der Waals surface area contributed by atoms with Crippen LogP contribution in [0.1, 0.15) is 33.5 Å². The van der Waals surface area contributed by atoms with Gasteiger partial charge in [-0.2, -0.15) is 11.8 Å². The first kappa shape index (κ1) is 29.7. The maximum absolute atomic E-state index is 13.5. The van der Waals surface area contributed by atoms with E-state index in [0.717, 1.165) is 33.7 Å². The molecule has 4 aromatic carbocycles. The first-order valence-electron chi connectivity index (χ1n) is 13.5. The van der Waals surface area contributed by atoms with Crippen molar-refractivity contribution in [2.75, 3.05) is 24.0 Å². The summed E-state index contributed by atoms with van der Waals surface area (Å²) >= 11 is 1.55. The Morgan fingerprint density at radius 2 is 1.61 bits per heavy atom. The van der Waals surface area contributed by atoms with E-state index >= 15 is 0 Å². The Morgan fingerprint density at radius 1 is 0.878 bits per heavy atom. The number of methoxy groups -OCH3 is 1. The molecule has 4 aromatic rings. The van der Waals surface area contributed by atoms with Crippen LogP contribution in [0.3, 0.4) is 0 Å². The summed E-state index contributed by atoms with van der Waals surface area (Å²) in [7, 11) is 1.66. The number of nitrogens with zero attached hydrogens (tertiary/aromatic N) is 1. The zero-order valence-corrected chi connectivity index (χ0v) is 24.5. The molecule has 6 nitrogen and oxygen atoms in total. The molecule has 0 radical (unpaired) electrons. The van der Waals surface area contributed by atoms with Gasteiger partial charge in [0.2, 0.25) is 0 Å². The molecule has 212 valence electrons. The first-order valence-corrected chi connectivity index (χ1v) is 14.9. The van der Waals surface area contributed by atoms with Gasteiger partial charge in [0.1, 0.15) is 11.8 Å². The monoisotopic (exact) mass is 568 g/mol. The number of carbonyl (C=O) groups excluding carboxylic acids is 1. The van der Waals surface area contributed by atoms with Gasteiger partial charge in [-0.05, 0) is 77.4 Å². The third kappa shape index (κ3) is 7.92. The van der Waals surface area contributed by atoms with Crippen molar-refractivity contribution in [3.63, 3.8) is 0 Å². The number of aliphatic carboxylic acids is 1. The molecule has 0 fully saturated rings. The lowest BCUT2D eigenvalue weighted by Crippen LogP contribution is -2.41. The largest absolute Gasteiger partial charge is 0.497 e. The van der Waals surface area contributed by atoms with Crippen LogP contribution in [0.4, 0.5) is 5.69 Å². The Hall–Kier alpha value is -4.23. The van der Waals surface area contributed by atoms with E-state index in [2.05, 4.69) is 28.4 Å². The van der Waals surface area contributed by atoms with Gasteiger partial charge in [0, 0.05) is 30.4 Å². The van der Waals surface area contributed by atoms with Crippen LogP contribution in [0.25, 0.3) is 11.1 Å². The molecular weight excluding hydrogens is 532 g/mol. The van der Waals surface area contributed by atoms with E-state index in [1.54, 1.807) is 18.9 Å². The number of carbonyl (C=O) groups is 2. The second-order valence-electron chi connectivity index (χ2n) is 9.88. The predicted molar refractivity (Wildman–Crippen MR) is 168 cm³/mol. The number of hydrogen-bond acceptors (Lipinski definition) is 5. The summed E-state index contributed by atoms with van der Waals surface area (Å²) in [5.74, 6) is -0.00119. The summed E-state index contributed by atoms with van der Waals surface area (Å²) in [5, 5.41) is 12.5. The van der Waals surface area contributed by atoms with Crippen LogP contribution in [0.15, 0.2) is 97.1 Å². The average Bonchev–Trinajstić information content (AvgIpc) is 2.99. The molecule has 0 aliphatic carbocycles. The molecule has 0 spiro atoms. The standard InChI is InChI=1S/C34H36N2O4S/c1-24-10-7-8-15-29(24)31-20-26(16-17-30(31)33(37)35-32(34(38)39)18-19-41-3)23-36(22-25-11-5-4-6-12-25)27-13-9-14-28(21-27)40-2/h4-17,20-21,32H,18-19,22-23H2,1-3H3,(H,35,37)(H,38,39)/t32-/m0/s1. The van der Waals surface area contributed by atoms with Crippen molar-refractivity contribution < 1.29 is 19.4 Å². The van der Waals surface area contributed by atoms with Crippen LogP contribution in [0, 0.1) is 6.92 Å². The molecule has 1 amide bonds. The Balaban J connectivity index is 1.72. The minimum absolute atomic E-state index is 0.356. The van der Waals surface area contributed by atoms with E-state index in [-0.39, 0.29) is 0 Å². The van der Waals surface area contributed by atoms with E-state index in [0.29, 0.717) is 30.8 Å². The second-order valence-corrected chi connectivity index (χ2v) is 10.9. The number of carboxylic acid groups (broad SMARTS) is 1. The number of amides is 1. The summed E-state index contributed by atoms with van der Waals surface area (Å²) in [5.41, 5.74) is 6.42. The van der Waals surface area contributed by atoms with E-state index in [9.17, 15) is 14.7 Å². The number of ether oxygens (including phenoxy) is 1. The van der Waals surface area contributed by atoms with Crippen LogP contribution in [-0.4, -0.2) is 42.1 Å². The highest BCUT2D eigenvalue weighted by atomic mass is 32.2. The maximum atomic E-state index is 13.5. The molecule has 0 heterocycles. The van der Waals surface area contributed by atoms with Crippen LogP contribution in [0.5, 0.6) is 5.75 Å². The Morgan fingerprint density at radius 3 is 2.32 bits per heavy atom. The SMILES string of the molecule is COc1cccc(N(Cc2ccccc2)Cc2ccc(C(=O)N[C@@H](CCSC)C(=O)O)c(-c3ccccc3C)c2)c1. The number of rotatable bonds is 13. The third-order valence-corrected chi connectivity index (χ3v) is 7.63. The number of anilines is 1. The van der Waals surface area contributed by atoms with Crippen LogP contribution < -0.4 is 15.0 Å². The van der Waals surface area contributed by atoms with E-state index in [4.69, 9.17) is 4.74 Å². The number of thioether (sulfide) groups is 1. The number of hydrogen-bond donors (Lipinski definition) is 2. The molecule has 1 atom stereocenters. The highest BCUT2D eigenvalue weighted by molar-refractivity contribution is 7.98. The number of benzene rings is 4. The molecule has 4 rings (SSSR count). The quantitative estimate of drug-likeness (QED) is 0.184. The normalized spacial score (nSPS) is 11.5. The Kier molecular flexibility index (Phi) is 10.5. The van der Waals surface area contributed by atoms with Crippen LogP contribution in [-0.2, 0) is 17.9 Å². The lowest BCUT2D eigenvalue weighted by atomic mass is 9.93. The fourth-order valence-corrected chi connectivity index (χ4v) is 5.26. The van der Waals surface area contributed by atoms with E-state index < -0.39 is 17.9 Å². The number of nitrogens with one attached hydrogen (secondary N) is 1. The number of aryl methyl sites for hydroxylation is 1. The first-order chi connectivity index (χ1) is 19.9. The van der Waals surface area contributed by atoms with Gasteiger partial charge in [-0.3, -0.25) is 4.79 Å². The zero-order valence-electron chi connectivity index (χ0n) is 23.7. The summed E-state index contributed by atoms with van der Waals surface area (Å²) in [6, 6.07) is 31.1. The van der Waals surface area contributed by atoms with E-state index in [1.165, 1.54) is 5.56 Å². The number of carboxylic acids is 1. The highest BCUT2D eigenvalue weighted by Gasteiger charge is 2.23. The van der Waals surface area contributed by atoms with Gasteiger partial charge in [0.05, 0.1) is 7.11 Å². The van der Waals surface area contributed by atoms with Gasteiger partial charge in [-0.15, -0.1) is 0 Å². The van der Waals surface area contributed by atoms with Crippen molar-refractivity contribution >= 4 is 29.3 Å². The van der Waals surface area contributed by atoms with Gasteiger partial charge >= 0.3 is 5.97 Å². The van der Waals surface area contributed by atoms with Crippen molar-refractivity contribution in [2.45, 2.75) is 32.5 Å². The average molecular weight is 569 g/mol. The molecule has 0 unspecified atom stereocenters. The molecule has 2 N–H and O–H groups in total. The fraction of sp³-hybridized carbons (Fsp3) is 0.235. The summed E-state index contributed by atoms with van der Waals surface area (Å²) in [6.07, 6.45) is 2.28. The lowest BCUT2D eigenvalue weighted by Gasteiger charge is -2.26. The van der Waals surface area contributed by atoms with Crippen LogP contribution >= 0.6 is 11.8 Å². The maximum Gasteiger partial charge on any atom is 0.326 e. The van der Waals surface area contributed by atoms with Crippen molar-refractivity contribution in [1.82, 2.24) is 5.32 Å². The van der Waals surface area contributed by atoms with Gasteiger partial charge < -0.3 is 20.1 Å². The molecule has 7 heteroatoms. The molecule has 0 aromatic heterocycles. The summed E-state index contributed by atoms with van der Waals surface area (Å²) in [4.78, 5) is 27.6. The Bertz CT molecular complexity index is 1470. The third-order valence-electron chi connectivity index (χ3n) is 6.99. The molecule has 0 bridgehead atoms. The van der Waals surface area contributed by atoms with Crippen LogP contribution in [0.2, 0.25) is 0 Å². The molecule has 0 aliphatic rings. The van der Waals surface area contributed by atoms with Crippen molar-refractivity contribution in [3.05, 3.63) is 119 Å². The molecule has 41 heavy (non-hydrogen) atoms. The van der Waals surface area contributed by atoms with Crippen molar-refractivity contribution in [1.29, 1.82) is 0 Å². The van der Waals surface area contributed by atoms with E-state index in [1.807, 2.05) is 92.0 Å². The smallest absolute Gasteiger partial charge is 0.326 e. The summed E-state index contributed by atoms with van der Waals surface area (Å²) < 4.78 is 5.50. The molecular formula is C34H36N2O4S. The predicted octanol–water partition coefficient (Wildman–Crippen LogP) is 6.81. The minimum Gasteiger partial charge on any atom is -0.497 e. The fourth-order valence-electron chi connectivity index (χ4n) is 4.78. The van der Waals surface area contributed by atoms with Crippen molar-refractivity contribution in [2.24, 2.45) is 0 Å². The second kappa shape index (κ2) is 14.4. The van der Waals surface area contributed by atoms with Gasteiger partial charge in [-0.25, -0.2) is 4.79 Å². The molecule has 0 saturated carbocycles. The zero-order chi connectivity index (χ0) is 29.2. The van der Waals surface area contributed by atoms with Gasteiger partial charge in [0.25, 0.3) is 5.91 Å². The van der Waals surface area contributed by atoms with Crippen molar-refractivity contribution in [3.8, 4) is 16.9 Å². The molecule has 0 saturated heterocycles. The lowest BCUT2D eigenvalue weighted by molar-refractivity contribution is -0.139. The molecule has 0 aliphatic heterocycles.